The van der Waals surface area contributed by atoms with Crippen LogP contribution in [0.4, 0.5) is 0 Å². The zero-order valence-electron chi connectivity index (χ0n) is 12.0. The SMILES string of the molecule is CC1NCC=CCC1C(=O)N1CCc2ccccc2C1. The van der Waals surface area contributed by atoms with Gasteiger partial charge in [-0.3, -0.25) is 4.79 Å². The topological polar surface area (TPSA) is 32.3 Å². The minimum absolute atomic E-state index is 0.0685. The van der Waals surface area contributed by atoms with Crippen molar-refractivity contribution in [3.8, 4) is 0 Å². The van der Waals surface area contributed by atoms with E-state index in [1.165, 1.54) is 11.1 Å². The normalized spacial score (nSPS) is 25.9. The minimum atomic E-state index is 0.0685. The molecule has 20 heavy (non-hydrogen) atoms. The van der Waals surface area contributed by atoms with Crippen molar-refractivity contribution in [3.63, 3.8) is 0 Å². The molecule has 0 spiro atoms. The molecule has 0 bridgehead atoms. The highest BCUT2D eigenvalue weighted by molar-refractivity contribution is 5.80. The van der Waals surface area contributed by atoms with Gasteiger partial charge in [-0.1, -0.05) is 36.4 Å². The number of amides is 1. The van der Waals surface area contributed by atoms with Gasteiger partial charge in [0.2, 0.25) is 5.91 Å². The van der Waals surface area contributed by atoms with E-state index in [1.54, 1.807) is 0 Å². The molecule has 2 atom stereocenters. The van der Waals surface area contributed by atoms with Crippen LogP contribution in [0.3, 0.4) is 0 Å². The Labute approximate surface area is 120 Å². The zero-order chi connectivity index (χ0) is 13.9. The van der Waals surface area contributed by atoms with E-state index in [4.69, 9.17) is 0 Å². The van der Waals surface area contributed by atoms with E-state index in [9.17, 15) is 4.79 Å². The first-order valence-electron chi connectivity index (χ1n) is 7.49. The van der Waals surface area contributed by atoms with Crippen molar-refractivity contribution in [2.75, 3.05) is 13.1 Å². The van der Waals surface area contributed by atoms with Crippen LogP contribution in [-0.2, 0) is 17.8 Å². The van der Waals surface area contributed by atoms with E-state index in [0.717, 1.165) is 32.5 Å². The number of benzene rings is 1. The number of hydrogen-bond acceptors (Lipinski definition) is 2. The molecule has 0 aliphatic carbocycles. The molecule has 2 unspecified atom stereocenters. The molecular weight excluding hydrogens is 248 g/mol. The number of carbonyl (C=O) groups is 1. The standard InChI is InChI=1S/C17H22N2O/c1-13-16(8-4-5-10-18-13)17(20)19-11-9-14-6-2-3-7-15(14)12-19/h2-7,13,16,18H,8-12H2,1H3. The summed E-state index contributed by atoms with van der Waals surface area (Å²) >= 11 is 0. The molecule has 0 radical (unpaired) electrons. The van der Waals surface area contributed by atoms with Gasteiger partial charge in [-0.25, -0.2) is 0 Å². The molecule has 3 nitrogen and oxygen atoms in total. The number of allylic oxidation sites excluding steroid dienone is 1. The largest absolute Gasteiger partial charge is 0.338 e. The third-order valence-electron chi connectivity index (χ3n) is 4.48. The second-order valence-corrected chi connectivity index (χ2v) is 5.79. The van der Waals surface area contributed by atoms with Gasteiger partial charge in [-0.15, -0.1) is 0 Å². The molecule has 106 valence electrons. The lowest BCUT2D eigenvalue weighted by Crippen LogP contribution is -2.46. The first-order valence-corrected chi connectivity index (χ1v) is 7.49. The Balaban J connectivity index is 1.73. The van der Waals surface area contributed by atoms with Gasteiger partial charge < -0.3 is 10.2 Å². The summed E-state index contributed by atoms with van der Waals surface area (Å²) in [6.45, 7) is 4.60. The van der Waals surface area contributed by atoms with Crippen LogP contribution in [0, 0.1) is 5.92 Å². The molecule has 1 aromatic rings. The average molecular weight is 270 g/mol. The molecule has 0 aromatic heterocycles. The van der Waals surface area contributed by atoms with Crippen molar-refractivity contribution in [2.24, 2.45) is 5.92 Å². The van der Waals surface area contributed by atoms with Crippen LogP contribution in [-0.4, -0.2) is 29.9 Å². The Morgan fingerprint density at radius 3 is 2.90 bits per heavy atom. The Morgan fingerprint density at radius 1 is 1.25 bits per heavy atom. The Kier molecular flexibility index (Phi) is 3.88. The maximum atomic E-state index is 12.8. The Morgan fingerprint density at radius 2 is 2.05 bits per heavy atom. The molecule has 1 aromatic carbocycles. The van der Waals surface area contributed by atoms with Gasteiger partial charge >= 0.3 is 0 Å². The summed E-state index contributed by atoms with van der Waals surface area (Å²) in [5, 5.41) is 3.40. The fourth-order valence-corrected chi connectivity index (χ4v) is 3.16. The molecule has 0 saturated heterocycles. The van der Waals surface area contributed by atoms with Crippen LogP contribution in [0.2, 0.25) is 0 Å². The summed E-state index contributed by atoms with van der Waals surface area (Å²) in [5.74, 6) is 0.366. The van der Waals surface area contributed by atoms with Crippen molar-refractivity contribution >= 4 is 5.91 Å². The fraction of sp³-hybridized carbons (Fsp3) is 0.471. The second kappa shape index (κ2) is 5.80. The molecule has 2 heterocycles. The van der Waals surface area contributed by atoms with Gasteiger partial charge in [0, 0.05) is 25.7 Å². The van der Waals surface area contributed by atoms with Gasteiger partial charge in [0.05, 0.1) is 5.92 Å². The Bertz CT molecular complexity index is 523. The van der Waals surface area contributed by atoms with E-state index < -0.39 is 0 Å². The van der Waals surface area contributed by atoms with Crippen LogP contribution in [0.5, 0.6) is 0 Å². The Hall–Kier alpha value is -1.61. The number of rotatable bonds is 1. The summed E-state index contributed by atoms with van der Waals surface area (Å²) in [6.07, 6.45) is 6.09. The second-order valence-electron chi connectivity index (χ2n) is 5.79. The quantitative estimate of drug-likeness (QED) is 0.793. The van der Waals surface area contributed by atoms with Gasteiger partial charge in [-0.2, -0.15) is 0 Å². The summed E-state index contributed by atoms with van der Waals surface area (Å²) in [4.78, 5) is 14.8. The van der Waals surface area contributed by atoms with E-state index in [1.807, 2.05) is 4.90 Å². The first-order chi connectivity index (χ1) is 9.75. The summed E-state index contributed by atoms with van der Waals surface area (Å²) < 4.78 is 0. The lowest BCUT2D eigenvalue weighted by atomic mass is 9.93. The molecule has 0 saturated carbocycles. The molecule has 1 amide bonds. The first kappa shape index (κ1) is 13.4. The monoisotopic (exact) mass is 270 g/mol. The van der Waals surface area contributed by atoms with E-state index in [-0.39, 0.29) is 12.0 Å². The maximum absolute atomic E-state index is 12.8. The number of nitrogens with one attached hydrogen (secondary N) is 1. The number of nitrogens with zero attached hydrogens (tertiary/aromatic N) is 1. The van der Waals surface area contributed by atoms with E-state index in [0.29, 0.717) is 5.91 Å². The third kappa shape index (κ3) is 2.63. The van der Waals surface area contributed by atoms with Crippen molar-refractivity contribution in [3.05, 3.63) is 47.5 Å². The van der Waals surface area contributed by atoms with Crippen LogP contribution in [0.25, 0.3) is 0 Å². The molecule has 2 aliphatic rings. The van der Waals surface area contributed by atoms with Crippen LogP contribution in [0.15, 0.2) is 36.4 Å². The van der Waals surface area contributed by atoms with Crippen molar-refractivity contribution in [1.82, 2.24) is 10.2 Å². The lowest BCUT2D eigenvalue weighted by molar-refractivity contribution is -0.137. The van der Waals surface area contributed by atoms with Crippen LogP contribution >= 0.6 is 0 Å². The fourth-order valence-electron chi connectivity index (χ4n) is 3.16. The highest BCUT2D eigenvalue weighted by atomic mass is 16.2. The van der Waals surface area contributed by atoms with Crippen molar-refractivity contribution in [1.29, 1.82) is 0 Å². The minimum Gasteiger partial charge on any atom is -0.338 e. The number of carbonyl (C=O) groups excluding carboxylic acids is 1. The molecule has 3 rings (SSSR count). The molecule has 3 heteroatoms. The van der Waals surface area contributed by atoms with Crippen molar-refractivity contribution in [2.45, 2.75) is 32.4 Å². The summed E-state index contributed by atoms with van der Waals surface area (Å²) in [6, 6.07) is 8.71. The molecule has 2 aliphatic heterocycles. The molecule has 1 N–H and O–H groups in total. The van der Waals surface area contributed by atoms with Crippen LogP contribution < -0.4 is 5.32 Å². The van der Waals surface area contributed by atoms with Gasteiger partial charge in [-0.05, 0) is 30.9 Å². The maximum Gasteiger partial charge on any atom is 0.227 e. The highest BCUT2D eigenvalue weighted by Crippen LogP contribution is 2.23. The predicted octanol–water partition coefficient (Wildman–Crippen LogP) is 2.13. The summed E-state index contributed by atoms with van der Waals surface area (Å²) in [5.41, 5.74) is 2.69. The average Bonchev–Trinajstić information content (AvgIpc) is 2.70. The zero-order valence-corrected chi connectivity index (χ0v) is 12.0. The van der Waals surface area contributed by atoms with Gasteiger partial charge in [0.25, 0.3) is 0 Å². The highest BCUT2D eigenvalue weighted by Gasteiger charge is 2.30. The van der Waals surface area contributed by atoms with E-state index >= 15 is 0 Å². The van der Waals surface area contributed by atoms with Gasteiger partial charge in [0.1, 0.15) is 0 Å². The van der Waals surface area contributed by atoms with Gasteiger partial charge in [0.15, 0.2) is 0 Å². The van der Waals surface area contributed by atoms with E-state index in [2.05, 4.69) is 48.7 Å². The van der Waals surface area contributed by atoms with Crippen LogP contribution in [0.1, 0.15) is 24.5 Å². The predicted molar refractivity (Wildman–Crippen MR) is 80.3 cm³/mol. The third-order valence-corrected chi connectivity index (χ3v) is 4.48. The lowest BCUT2D eigenvalue weighted by Gasteiger charge is -2.33. The number of hydrogen-bond donors (Lipinski definition) is 1. The summed E-state index contributed by atoms with van der Waals surface area (Å²) in [7, 11) is 0. The molecule has 0 fully saturated rings. The molecular formula is C17H22N2O. The number of fused-ring (bicyclic) bond motifs is 1. The van der Waals surface area contributed by atoms with Crippen molar-refractivity contribution < 1.29 is 4.79 Å². The smallest absolute Gasteiger partial charge is 0.227 e.